The van der Waals surface area contributed by atoms with Crippen molar-refractivity contribution in [3.8, 4) is 5.75 Å². The Labute approximate surface area is 119 Å². The Morgan fingerprint density at radius 2 is 1.85 bits per heavy atom. The Balaban J connectivity index is 1.93. The molecule has 5 nitrogen and oxygen atoms in total. The van der Waals surface area contributed by atoms with Crippen LogP contribution < -0.4 is 21.5 Å². The standard InChI is InChI=1S/C15H23N3O2/c16-10-11-20-13-6-4-12(5-7-13)18-14(19)15(17)8-2-1-3-9-15/h4-7H,1-3,8-11,16-17H2,(H,18,19). The van der Waals surface area contributed by atoms with E-state index in [-0.39, 0.29) is 5.91 Å². The fraction of sp³-hybridized carbons (Fsp3) is 0.533. The highest BCUT2D eigenvalue weighted by Crippen LogP contribution is 2.27. The molecule has 1 fully saturated rings. The zero-order valence-electron chi connectivity index (χ0n) is 11.7. The zero-order valence-corrected chi connectivity index (χ0v) is 11.7. The smallest absolute Gasteiger partial charge is 0.244 e. The van der Waals surface area contributed by atoms with E-state index < -0.39 is 5.54 Å². The summed E-state index contributed by atoms with van der Waals surface area (Å²) in [6, 6.07) is 7.26. The van der Waals surface area contributed by atoms with Gasteiger partial charge in [-0.2, -0.15) is 0 Å². The van der Waals surface area contributed by atoms with Crippen LogP contribution in [0.3, 0.4) is 0 Å². The van der Waals surface area contributed by atoms with Crippen LogP contribution in [0.1, 0.15) is 32.1 Å². The molecule has 0 bridgehead atoms. The normalized spacial score (nSPS) is 17.5. The highest BCUT2D eigenvalue weighted by Gasteiger charge is 2.35. The number of nitrogens with two attached hydrogens (primary N) is 2. The molecular weight excluding hydrogens is 254 g/mol. The second-order valence-electron chi connectivity index (χ2n) is 5.33. The summed E-state index contributed by atoms with van der Waals surface area (Å²) in [6.45, 7) is 0.964. The third-order valence-electron chi connectivity index (χ3n) is 3.70. The van der Waals surface area contributed by atoms with Gasteiger partial charge in [0.1, 0.15) is 12.4 Å². The van der Waals surface area contributed by atoms with E-state index in [0.29, 0.717) is 13.2 Å². The van der Waals surface area contributed by atoms with Gasteiger partial charge in [0.25, 0.3) is 0 Å². The summed E-state index contributed by atoms with van der Waals surface area (Å²) in [5.74, 6) is 0.654. The lowest BCUT2D eigenvalue weighted by Crippen LogP contribution is -2.52. The van der Waals surface area contributed by atoms with Crippen molar-refractivity contribution in [3.63, 3.8) is 0 Å². The van der Waals surface area contributed by atoms with Crippen LogP contribution in [0.5, 0.6) is 5.75 Å². The van der Waals surface area contributed by atoms with Gasteiger partial charge >= 0.3 is 0 Å². The fourth-order valence-electron chi connectivity index (χ4n) is 2.48. The number of nitrogens with one attached hydrogen (secondary N) is 1. The van der Waals surface area contributed by atoms with Gasteiger partial charge in [-0.15, -0.1) is 0 Å². The quantitative estimate of drug-likeness (QED) is 0.763. The molecule has 1 aliphatic rings. The lowest BCUT2D eigenvalue weighted by molar-refractivity contribution is -0.122. The lowest BCUT2D eigenvalue weighted by atomic mass is 9.82. The van der Waals surface area contributed by atoms with Gasteiger partial charge in [-0.05, 0) is 37.1 Å². The first-order chi connectivity index (χ1) is 9.64. The molecule has 0 spiro atoms. The van der Waals surface area contributed by atoms with Gasteiger partial charge in [0, 0.05) is 12.2 Å². The van der Waals surface area contributed by atoms with Crippen molar-refractivity contribution < 1.29 is 9.53 Å². The summed E-state index contributed by atoms with van der Waals surface area (Å²) in [5, 5.41) is 2.89. The third kappa shape index (κ3) is 3.71. The predicted octanol–water partition coefficient (Wildman–Crippen LogP) is 1.62. The zero-order chi connectivity index (χ0) is 14.4. The van der Waals surface area contributed by atoms with E-state index in [9.17, 15) is 4.79 Å². The molecule has 5 N–H and O–H groups in total. The highest BCUT2D eigenvalue weighted by molar-refractivity contribution is 5.98. The minimum atomic E-state index is -0.715. The van der Waals surface area contributed by atoms with Gasteiger partial charge in [0.05, 0.1) is 5.54 Å². The van der Waals surface area contributed by atoms with Gasteiger partial charge in [0.15, 0.2) is 0 Å². The number of benzene rings is 1. The molecule has 0 saturated heterocycles. The van der Waals surface area contributed by atoms with E-state index in [1.807, 2.05) is 24.3 Å². The molecule has 0 unspecified atom stereocenters. The average Bonchev–Trinajstić information content (AvgIpc) is 2.47. The largest absolute Gasteiger partial charge is 0.492 e. The highest BCUT2D eigenvalue weighted by atomic mass is 16.5. The van der Waals surface area contributed by atoms with Crippen LogP contribution in [0.4, 0.5) is 5.69 Å². The summed E-state index contributed by atoms with van der Waals surface area (Å²) in [7, 11) is 0. The minimum absolute atomic E-state index is 0.0900. The molecule has 0 heterocycles. The van der Waals surface area contributed by atoms with Crippen molar-refractivity contribution in [3.05, 3.63) is 24.3 Å². The van der Waals surface area contributed by atoms with Crippen LogP contribution in [0.2, 0.25) is 0 Å². The van der Waals surface area contributed by atoms with Gasteiger partial charge < -0.3 is 21.5 Å². The molecule has 0 atom stereocenters. The van der Waals surface area contributed by atoms with Gasteiger partial charge in [-0.3, -0.25) is 4.79 Å². The van der Waals surface area contributed by atoms with Crippen LogP contribution in [-0.4, -0.2) is 24.6 Å². The fourth-order valence-corrected chi connectivity index (χ4v) is 2.48. The van der Waals surface area contributed by atoms with Gasteiger partial charge in [-0.25, -0.2) is 0 Å². The van der Waals surface area contributed by atoms with Crippen molar-refractivity contribution in [2.45, 2.75) is 37.6 Å². The first-order valence-corrected chi connectivity index (χ1v) is 7.17. The SMILES string of the molecule is NCCOc1ccc(NC(=O)C2(N)CCCCC2)cc1. The molecule has 0 aromatic heterocycles. The first-order valence-electron chi connectivity index (χ1n) is 7.17. The topological polar surface area (TPSA) is 90.4 Å². The molecule has 1 aliphatic carbocycles. The van der Waals surface area contributed by atoms with E-state index in [1.54, 1.807) is 0 Å². The Kier molecular flexibility index (Phi) is 4.98. The molecule has 1 amide bonds. The molecular formula is C15H23N3O2. The molecule has 1 saturated carbocycles. The molecule has 1 aromatic rings. The second kappa shape index (κ2) is 6.72. The van der Waals surface area contributed by atoms with Crippen molar-refractivity contribution in [2.24, 2.45) is 11.5 Å². The van der Waals surface area contributed by atoms with Crippen LogP contribution in [0, 0.1) is 0 Å². The first kappa shape index (κ1) is 14.8. The van der Waals surface area contributed by atoms with Crippen LogP contribution in [0.25, 0.3) is 0 Å². The third-order valence-corrected chi connectivity index (χ3v) is 3.70. The van der Waals surface area contributed by atoms with Crippen LogP contribution in [-0.2, 0) is 4.79 Å². The van der Waals surface area contributed by atoms with E-state index in [1.165, 1.54) is 6.42 Å². The van der Waals surface area contributed by atoms with E-state index in [4.69, 9.17) is 16.2 Å². The number of carbonyl (C=O) groups is 1. The summed E-state index contributed by atoms with van der Waals surface area (Å²) in [4.78, 5) is 12.3. The second-order valence-corrected chi connectivity index (χ2v) is 5.33. The van der Waals surface area contributed by atoms with Crippen molar-refractivity contribution in [1.29, 1.82) is 0 Å². The van der Waals surface area contributed by atoms with Crippen molar-refractivity contribution >= 4 is 11.6 Å². The van der Waals surface area contributed by atoms with E-state index >= 15 is 0 Å². The maximum atomic E-state index is 12.3. The summed E-state index contributed by atoms with van der Waals surface area (Å²) in [5.41, 5.74) is 11.6. The van der Waals surface area contributed by atoms with Crippen molar-refractivity contribution in [1.82, 2.24) is 0 Å². The Morgan fingerprint density at radius 1 is 1.20 bits per heavy atom. The lowest BCUT2D eigenvalue weighted by Gasteiger charge is -2.31. The molecule has 20 heavy (non-hydrogen) atoms. The number of rotatable bonds is 5. The van der Waals surface area contributed by atoms with E-state index in [0.717, 1.165) is 37.1 Å². The summed E-state index contributed by atoms with van der Waals surface area (Å²) in [6.07, 6.45) is 4.73. The molecule has 1 aromatic carbocycles. The number of hydrogen-bond acceptors (Lipinski definition) is 4. The summed E-state index contributed by atoms with van der Waals surface area (Å²) >= 11 is 0. The molecule has 2 rings (SSSR count). The molecule has 0 aliphatic heterocycles. The number of hydrogen-bond donors (Lipinski definition) is 3. The number of amides is 1. The van der Waals surface area contributed by atoms with Gasteiger partial charge in [0.2, 0.25) is 5.91 Å². The molecule has 0 radical (unpaired) electrons. The number of ether oxygens (including phenoxy) is 1. The number of carbonyl (C=O) groups excluding carboxylic acids is 1. The molecule has 5 heteroatoms. The minimum Gasteiger partial charge on any atom is -0.492 e. The Morgan fingerprint density at radius 3 is 2.45 bits per heavy atom. The van der Waals surface area contributed by atoms with E-state index in [2.05, 4.69) is 5.32 Å². The molecule has 110 valence electrons. The predicted molar refractivity (Wildman–Crippen MR) is 79.6 cm³/mol. The van der Waals surface area contributed by atoms with Crippen LogP contribution in [0.15, 0.2) is 24.3 Å². The Bertz CT molecular complexity index is 439. The summed E-state index contributed by atoms with van der Waals surface area (Å²) < 4.78 is 5.39. The monoisotopic (exact) mass is 277 g/mol. The van der Waals surface area contributed by atoms with Crippen molar-refractivity contribution in [2.75, 3.05) is 18.5 Å². The Hall–Kier alpha value is -1.59. The van der Waals surface area contributed by atoms with Gasteiger partial charge in [-0.1, -0.05) is 19.3 Å². The number of anilines is 1. The van der Waals surface area contributed by atoms with Crippen LogP contribution >= 0.6 is 0 Å². The maximum absolute atomic E-state index is 12.3. The maximum Gasteiger partial charge on any atom is 0.244 e. The average molecular weight is 277 g/mol.